The molecule has 5 heteroatoms. The fraction of sp³-hybridized carbons (Fsp3) is 0.812. The zero-order valence-corrected chi connectivity index (χ0v) is 13.0. The van der Waals surface area contributed by atoms with Crippen LogP contribution in [0.1, 0.15) is 50.5 Å². The first-order chi connectivity index (χ1) is 10.3. The minimum atomic E-state index is 0.387. The molecule has 1 aromatic rings. The van der Waals surface area contributed by atoms with E-state index in [-0.39, 0.29) is 0 Å². The Morgan fingerprint density at radius 1 is 1.43 bits per heavy atom. The summed E-state index contributed by atoms with van der Waals surface area (Å²) in [6.45, 7) is 6.85. The first-order valence-corrected chi connectivity index (χ1v) is 8.35. The first-order valence-electron chi connectivity index (χ1n) is 8.35. The smallest absolute Gasteiger partial charge is 0.151 e. The zero-order valence-electron chi connectivity index (χ0n) is 13.0. The van der Waals surface area contributed by atoms with Crippen LogP contribution >= 0.6 is 0 Å². The summed E-state index contributed by atoms with van der Waals surface area (Å²) in [5.41, 5.74) is 1.02. The van der Waals surface area contributed by atoms with Crippen LogP contribution in [0.25, 0.3) is 0 Å². The summed E-state index contributed by atoms with van der Waals surface area (Å²) in [7, 11) is 0. The Bertz CT molecular complexity index is 431. The molecule has 21 heavy (non-hydrogen) atoms. The van der Waals surface area contributed by atoms with Crippen molar-refractivity contribution in [2.45, 2.75) is 64.3 Å². The van der Waals surface area contributed by atoms with Gasteiger partial charge in [0.25, 0.3) is 0 Å². The third kappa shape index (κ3) is 4.80. The third-order valence-electron chi connectivity index (χ3n) is 4.16. The Morgan fingerprint density at radius 3 is 3.14 bits per heavy atom. The Hall–Kier alpha value is -0.910. The van der Waals surface area contributed by atoms with Gasteiger partial charge < -0.3 is 14.6 Å². The molecule has 1 aliphatic heterocycles. The van der Waals surface area contributed by atoms with Gasteiger partial charge in [-0.3, -0.25) is 4.90 Å². The van der Waals surface area contributed by atoms with Crippen molar-refractivity contribution in [3.8, 4) is 0 Å². The van der Waals surface area contributed by atoms with Gasteiger partial charge in [-0.1, -0.05) is 12.1 Å². The molecule has 3 rings (SSSR count). The van der Waals surface area contributed by atoms with Gasteiger partial charge in [-0.15, -0.1) is 0 Å². The molecule has 1 saturated carbocycles. The van der Waals surface area contributed by atoms with Crippen molar-refractivity contribution in [1.82, 2.24) is 15.4 Å². The minimum Gasteiger partial charge on any atom is -0.377 e. The minimum absolute atomic E-state index is 0.387. The molecule has 1 aliphatic carbocycles. The number of nitrogens with zero attached hydrogens (tertiary/aromatic N) is 2. The Morgan fingerprint density at radius 2 is 2.33 bits per heavy atom. The summed E-state index contributed by atoms with van der Waals surface area (Å²) in [5.74, 6) is 0.971. The second-order valence-corrected chi connectivity index (χ2v) is 6.31. The molecule has 1 unspecified atom stereocenters. The van der Waals surface area contributed by atoms with E-state index in [0.717, 1.165) is 50.7 Å². The standard InChI is InChI=1S/C16H27N3O2/c1-2-8-20-15-4-3-7-19(11-15)12-16-9-14(18-21-16)10-17-13-5-6-13/h9,13,15,17H,2-8,10-12H2,1H3. The molecule has 2 heterocycles. The fourth-order valence-electron chi connectivity index (χ4n) is 2.85. The molecule has 5 nitrogen and oxygen atoms in total. The number of rotatable bonds is 8. The Kier molecular flexibility index (Phi) is 5.27. The second kappa shape index (κ2) is 7.38. The Balaban J connectivity index is 1.44. The van der Waals surface area contributed by atoms with Crippen molar-refractivity contribution < 1.29 is 9.26 Å². The van der Waals surface area contributed by atoms with Crippen LogP contribution in [0.2, 0.25) is 0 Å². The SMILES string of the molecule is CCCOC1CCCN(Cc2cc(CNC3CC3)no2)C1. The maximum atomic E-state index is 5.88. The number of ether oxygens (including phenoxy) is 1. The van der Waals surface area contributed by atoms with Crippen molar-refractivity contribution in [3.05, 3.63) is 17.5 Å². The van der Waals surface area contributed by atoms with Gasteiger partial charge in [-0.05, 0) is 38.6 Å². The number of aromatic nitrogens is 1. The van der Waals surface area contributed by atoms with Gasteiger partial charge in [-0.2, -0.15) is 0 Å². The van der Waals surface area contributed by atoms with Gasteiger partial charge in [0.1, 0.15) is 0 Å². The van der Waals surface area contributed by atoms with Crippen LogP contribution in [-0.2, 0) is 17.8 Å². The van der Waals surface area contributed by atoms with Crippen LogP contribution in [0.5, 0.6) is 0 Å². The highest BCUT2D eigenvalue weighted by Crippen LogP contribution is 2.20. The molecule has 118 valence electrons. The molecular formula is C16H27N3O2. The highest BCUT2D eigenvalue weighted by molar-refractivity contribution is 5.06. The third-order valence-corrected chi connectivity index (χ3v) is 4.16. The first kappa shape index (κ1) is 15.0. The summed E-state index contributed by atoms with van der Waals surface area (Å²) < 4.78 is 11.3. The maximum Gasteiger partial charge on any atom is 0.151 e. The van der Waals surface area contributed by atoms with Crippen molar-refractivity contribution in [2.24, 2.45) is 0 Å². The summed E-state index contributed by atoms with van der Waals surface area (Å²) in [6, 6.07) is 2.80. The molecule has 1 aromatic heterocycles. The lowest BCUT2D eigenvalue weighted by Gasteiger charge is -2.31. The van der Waals surface area contributed by atoms with Crippen molar-refractivity contribution in [2.75, 3.05) is 19.7 Å². The van der Waals surface area contributed by atoms with Gasteiger partial charge in [0.15, 0.2) is 5.76 Å². The van der Waals surface area contributed by atoms with E-state index in [1.807, 2.05) is 0 Å². The van der Waals surface area contributed by atoms with Crippen molar-refractivity contribution in [3.63, 3.8) is 0 Å². The van der Waals surface area contributed by atoms with Gasteiger partial charge in [0.2, 0.25) is 0 Å². The van der Waals surface area contributed by atoms with E-state index in [9.17, 15) is 0 Å². The van der Waals surface area contributed by atoms with E-state index in [0.29, 0.717) is 12.1 Å². The molecule has 0 aromatic carbocycles. The van der Waals surface area contributed by atoms with E-state index in [1.165, 1.54) is 25.7 Å². The topological polar surface area (TPSA) is 50.5 Å². The highest BCUT2D eigenvalue weighted by Gasteiger charge is 2.22. The number of likely N-dealkylation sites (tertiary alicyclic amines) is 1. The summed E-state index contributed by atoms with van der Waals surface area (Å²) in [5, 5.41) is 7.62. The molecule has 0 amide bonds. The molecule has 1 saturated heterocycles. The fourth-order valence-corrected chi connectivity index (χ4v) is 2.85. The molecular weight excluding hydrogens is 266 g/mol. The molecule has 2 fully saturated rings. The quantitative estimate of drug-likeness (QED) is 0.797. The average molecular weight is 293 g/mol. The van der Waals surface area contributed by atoms with Crippen LogP contribution in [-0.4, -0.2) is 41.9 Å². The lowest BCUT2D eigenvalue weighted by atomic mass is 10.1. The molecule has 0 spiro atoms. The molecule has 1 atom stereocenters. The van der Waals surface area contributed by atoms with E-state index >= 15 is 0 Å². The van der Waals surface area contributed by atoms with E-state index < -0.39 is 0 Å². The zero-order chi connectivity index (χ0) is 14.5. The van der Waals surface area contributed by atoms with E-state index in [1.54, 1.807) is 0 Å². The number of piperidine rings is 1. The van der Waals surface area contributed by atoms with Crippen LogP contribution < -0.4 is 5.32 Å². The number of hydrogen-bond acceptors (Lipinski definition) is 5. The van der Waals surface area contributed by atoms with Crippen LogP contribution in [0, 0.1) is 0 Å². The summed E-state index contributed by atoms with van der Waals surface area (Å²) in [6.07, 6.45) is 6.48. The van der Waals surface area contributed by atoms with Crippen molar-refractivity contribution >= 4 is 0 Å². The van der Waals surface area contributed by atoms with Gasteiger partial charge in [0, 0.05) is 31.8 Å². The van der Waals surface area contributed by atoms with Crippen LogP contribution in [0.3, 0.4) is 0 Å². The lowest BCUT2D eigenvalue weighted by Crippen LogP contribution is -2.39. The number of nitrogens with one attached hydrogen (secondary N) is 1. The van der Waals surface area contributed by atoms with E-state index in [4.69, 9.17) is 9.26 Å². The van der Waals surface area contributed by atoms with Gasteiger partial charge in [0.05, 0.1) is 18.3 Å². The normalized spacial score (nSPS) is 23.6. The average Bonchev–Trinajstić information content (AvgIpc) is 3.23. The molecule has 2 aliphatic rings. The Labute approximate surface area is 127 Å². The predicted molar refractivity (Wildman–Crippen MR) is 80.9 cm³/mol. The van der Waals surface area contributed by atoms with Crippen molar-refractivity contribution in [1.29, 1.82) is 0 Å². The lowest BCUT2D eigenvalue weighted by molar-refractivity contribution is -0.00413. The highest BCUT2D eigenvalue weighted by atomic mass is 16.5. The summed E-state index contributed by atoms with van der Waals surface area (Å²) >= 11 is 0. The second-order valence-electron chi connectivity index (χ2n) is 6.31. The van der Waals surface area contributed by atoms with Crippen LogP contribution in [0.15, 0.2) is 10.6 Å². The predicted octanol–water partition coefficient (Wildman–Crippen LogP) is 2.32. The largest absolute Gasteiger partial charge is 0.377 e. The number of hydrogen-bond donors (Lipinski definition) is 1. The summed E-state index contributed by atoms with van der Waals surface area (Å²) in [4.78, 5) is 2.42. The molecule has 0 radical (unpaired) electrons. The maximum absolute atomic E-state index is 5.88. The monoisotopic (exact) mass is 293 g/mol. The van der Waals surface area contributed by atoms with Gasteiger partial charge >= 0.3 is 0 Å². The molecule has 1 N–H and O–H groups in total. The molecule has 0 bridgehead atoms. The van der Waals surface area contributed by atoms with Gasteiger partial charge in [-0.25, -0.2) is 0 Å². The van der Waals surface area contributed by atoms with Crippen LogP contribution in [0.4, 0.5) is 0 Å². The van der Waals surface area contributed by atoms with E-state index in [2.05, 4.69) is 28.4 Å².